The van der Waals surface area contributed by atoms with Crippen LogP contribution in [0.2, 0.25) is 0 Å². The molecule has 4 unspecified atom stereocenters. The van der Waals surface area contributed by atoms with Crippen molar-refractivity contribution in [1.82, 2.24) is 4.90 Å². The van der Waals surface area contributed by atoms with E-state index in [0.29, 0.717) is 5.56 Å². The number of amides is 1. The number of nitro groups is 1. The van der Waals surface area contributed by atoms with Crippen LogP contribution in [0.15, 0.2) is 24.3 Å². The molecule has 0 bridgehead atoms. The Morgan fingerprint density at radius 2 is 1.96 bits per heavy atom. The fraction of sp³-hybridized carbons (Fsp3) is 0.471. The lowest BCUT2D eigenvalue weighted by atomic mass is 9.81. The van der Waals surface area contributed by atoms with Crippen molar-refractivity contribution in [2.75, 3.05) is 6.61 Å². The molecule has 2 aliphatic rings. The van der Waals surface area contributed by atoms with Crippen molar-refractivity contribution in [1.29, 1.82) is 0 Å². The molecular weight excluding hydrogens is 344 g/mol. The maximum absolute atomic E-state index is 12.4. The van der Waals surface area contributed by atoms with Crippen LogP contribution in [0.1, 0.15) is 18.9 Å². The number of carbonyl (C=O) groups is 3. The van der Waals surface area contributed by atoms with Gasteiger partial charge in [-0.1, -0.05) is 6.92 Å². The number of hydrogen-bond donors (Lipinski definition) is 1. The predicted octanol–water partition coefficient (Wildman–Crippen LogP) is 0.435. The largest absolute Gasteiger partial charge is 0.459 e. The van der Waals surface area contributed by atoms with E-state index in [-0.39, 0.29) is 43.1 Å². The molecule has 2 aliphatic heterocycles. The second-order valence-electron chi connectivity index (χ2n) is 6.48. The van der Waals surface area contributed by atoms with Crippen molar-refractivity contribution in [3.8, 4) is 0 Å². The Morgan fingerprint density at radius 3 is 2.54 bits per heavy atom. The molecule has 2 saturated heterocycles. The van der Waals surface area contributed by atoms with Gasteiger partial charge in [-0.15, -0.1) is 0 Å². The van der Waals surface area contributed by atoms with E-state index >= 15 is 0 Å². The summed E-state index contributed by atoms with van der Waals surface area (Å²) in [6.07, 6.45) is 0.266. The number of nitrogens with zero attached hydrogens (tertiary/aromatic N) is 2. The van der Waals surface area contributed by atoms with E-state index in [1.165, 1.54) is 29.2 Å². The number of esters is 1. The van der Waals surface area contributed by atoms with Gasteiger partial charge in [0.15, 0.2) is 11.8 Å². The first kappa shape index (κ1) is 18.0. The average molecular weight is 362 g/mol. The molecule has 0 radical (unpaired) electrons. The summed E-state index contributed by atoms with van der Waals surface area (Å²) in [5.74, 6) is -2.41. The Kier molecular flexibility index (Phi) is 4.73. The number of ketones is 1. The number of rotatable bonds is 6. The highest BCUT2D eigenvalue weighted by atomic mass is 16.6. The SMILES string of the molecule is CC1C(=O)C(C(=O)OCc2ccc([N+](=O)[O-])cc2)N2C(=O)C(CCO)C12. The summed E-state index contributed by atoms with van der Waals surface area (Å²) in [4.78, 5) is 48.3. The average Bonchev–Trinajstić information content (AvgIpc) is 2.86. The highest BCUT2D eigenvalue weighted by Crippen LogP contribution is 2.43. The van der Waals surface area contributed by atoms with Crippen molar-refractivity contribution in [2.24, 2.45) is 11.8 Å². The normalized spacial score (nSPS) is 27.1. The third-order valence-corrected chi connectivity index (χ3v) is 5.01. The van der Waals surface area contributed by atoms with Gasteiger partial charge in [0, 0.05) is 24.7 Å². The Hall–Kier alpha value is -2.81. The van der Waals surface area contributed by atoms with Crippen LogP contribution in [-0.2, 0) is 25.7 Å². The second kappa shape index (κ2) is 6.83. The number of ether oxygens (including phenoxy) is 1. The Balaban J connectivity index is 1.65. The number of aliphatic hydroxyl groups excluding tert-OH is 1. The van der Waals surface area contributed by atoms with Crippen LogP contribution in [0.25, 0.3) is 0 Å². The molecule has 0 saturated carbocycles. The molecule has 0 aliphatic carbocycles. The highest BCUT2D eigenvalue weighted by molar-refractivity contribution is 6.12. The van der Waals surface area contributed by atoms with E-state index in [1.54, 1.807) is 6.92 Å². The van der Waals surface area contributed by atoms with E-state index in [0.717, 1.165) is 0 Å². The van der Waals surface area contributed by atoms with E-state index in [1.807, 2.05) is 0 Å². The molecule has 0 aromatic heterocycles. The van der Waals surface area contributed by atoms with E-state index in [4.69, 9.17) is 9.84 Å². The highest BCUT2D eigenvalue weighted by Gasteiger charge is 2.63. The Labute approximate surface area is 148 Å². The van der Waals surface area contributed by atoms with Crippen molar-refractivity contribution >= 4 is 23.3 Å². The molecule has 9 heteroatoms. The fourth-order valence-electron chi connectivity index (χ4n) is 3.65. The molecular formula is C17H18N2O7. The molecule has 2 heterocycles. The lowest BCUT2D eigenvalue weighted by Gasteiger charge is -2.45. The quantitative estimate of drug-likeness (QED) is 0.256. The first-order valence-corrected chi connectivity index (χ1v) is 8.23. The van der Waals surface area contributed by atoms with Crippen LogP contribution in [0, 0.1) is 22.0 Å². The second-order valence-corrected chi connectivity index (χ2v) is 6.48. The zero-order chi connectivity index (χ0) is 19.0. The van der Waals surface area contributed by atoms with Gasteiger partial charge in [0.25, 0.3) is 5.69 Å². The topological polar surface area (TPSA) is 127 Å². The molecule has 1 aromatic carbocycles. The summed E-state index contributed by atoms with van der Waals surface area (Å²) in [6.45, 7) is 1.36. The molecule has 1 amide bonds. The number of aliphatic hydroxyl groups is 1. The van der Waals surface area contributed by atoms with Gasteiger partial charge >= 0.3 is 5.97 Å². The third kappa shape index (κ3) is 2.84. The maximum atomic E-state index is 12.4. The minimum atomic E-state index is -1.25. The Bertz CT molecular complexity index is 761. The van der Waals surface area contributed by atoms with Gasteiger partial charge in [0.05, 0.1) is 16.9 Å². The predicted molar refractivity (Wildman–Crippen MR) is 86.7 cm³/mol. The smallest absolute Gasteiger partial charge is 0.337 e. The molecule has 1 aromatic rings. The molecule has 3 rings (SSSR count). The van der Waals surface area contributed by atoms with E-state index in [9.17, 15) is 24.5 Å². The number of non-ortho nitro benzene ring substituents is 1. The van der Waals surface area contributed by atoms with Gasteiger partial charge in [-0.2, -0.15) is 0 Å². The monoisotopic (exact) mass is 362 g/mol. The van der Waals surface area contributed by atoms with Crippen molar-refractivity contribution in [3.63, 3.8) is 0 Å². The van der Waals surface area contributed by atoms with Gasteiger partial charge in [0.1, 0.15) is 6.61 Å². The van der Waals surface area contributed by atoms with Crippen LogP contribution >= 0.6 is 0 Å². The minimum Gasteiger partial charge on any atom is -0.459 e. The number of Topliss-reactive ketones (excluding diaryl/α,β-unsaturated/α-hetero) is 1. The third-order valence-electron chi connectivity index (χ3n) is 5.01. The van der Waals surface area contributed by atoms with Crippen LogP contribution in [0.5, 0.6) is 0 Å². The van der Waals surface area contributed by atoms with Gasteiger partial charge in [-0.3, -0.25) is 19.7 Å². The first-order chi connectivity index (χ1) is 12.4. The van der Waals surface area contributed by atoms with Gasteiger partial charge < -0.3 is 14.7 Å². The molecule has 4 atom stereocenters. The molecule has 26 heavy (non-hydrogen) atoms. The van der Waals surface area contributed by atoms with E-state index in [2.05, 4.69) is 0 Å². The number of β-lactam (4-membered cyclic amide) rings is 1. The lowest BCUT2D eigenvalue weighted by molar-refractivity contribution is -0.384. The van der Waals surface area contributed by atoms with Crippen molar-refractivity contribution in [3.05, 3.63) is 39.9 Å². The number of hydrogen-bond acceptors (Lipinski definition) is 7. The standard InChI is InChI=1S/C17H18N2O7/c1-9-13-12(6-7-20)16(22)18(13)14(15(9)21)17(23)26-8-10-2-4-11(5-3-10)19(24)25/h2-5,9,12-14,20H,6-8H2,1H3. The van der Waals surface area contributed by atoms with E-state index < -0.39 is 28.8 Å². The zero-order valence-corrected chi connectivity index (χ0v) is 14.0. The summed E-state index contributed by atoms with van der Waals surface area (Å²) in [7, 11) is 0. The Morgan fingerprint density at radius 1 is 1.31 bits per heavy atom. The number of carbonyl (C=O) groups excluding carboxylic acids is 3. The summed E-state index contributed by atoms with van der Waals surface area (Å²) in [5.41, 5.74) is 0.455. The minimum absolute atomic E-state index is 0.0798. The van der Waals surface area contributed by atoms with Gasteiger partial charge in [0.2, 0.25) is 5.91 Å². The maximum Gasteiger partial charge on any atom is 0.337 e. The van der Waals surface area contributed by atoms with Crippen LogP contribution < -0.4 is 0 Å². The lowest BCUT2D eigenvalue weighted by Crippen LogP contribution is -2.63. The summed E-state index contributed by atoms with van der Waals surface area (Å²) in [5, 5.41) is 19.7. The first-order valence-electron chi connectivity index (χ1n) is 8.23. The molecule has 9 nitrogen and oxygen atoms in total. The molecule has 138 valence electrons. The van der Waals surface area contributed by atoms with Gasteiger partial charge in [-0.05, 0) is 24.1 Å². The summed E-state index contributed by atoms with van der Waals surface area (Å²) in [6, 6.07) is 3.87. The van der Waals surface area contributed by atoms with Gasteiger partial charge in [-0.25, -0.2) is 4.79 Å². The molecule has 0 spiro atoms. The zero-order valence-electron chi connectivity index (χ0n) is 14.0. The number of nitro benzene ring substituents is 1. The van der Waals surface area contributed by atoms with Crippen molar-refractivity contribution in [2.45, 2.75) is 32.0 Å². The number of benzene rings is 1. The van der Waals surface area contributed by atoms with Crippen molar-refractivity contribution < 1.29 is 29.2 Å². The van der Waals surface area contributed by atoms with Crippen LogP contribution in [-0.4, -0.2) is 51.3 Å². The summed E-state index contributed by atoms with van der Waals surface area (Å²) < 4.78 is 5.15. The fourth-order valence-corrected chi connectivity index (χ4v) is 3.65. The molecule has 1 N–H and O–H groups in total. The molecule has 2 fully saturated rings. The van der Waals surface area contributed by atoms with Crippen LogP contribution in [0.4, 0.5) is 5.69 Å². The number of fused-ring (bicyclic) bond motifs is 1. The van der Waals surface area contributed by atoms with Crippen LogP contribution in [0.3, 0.4) is 0 Å². The summed E-state index contributed by atoms with van der Waals surface area (Å²) >= 11 is 0.